The minimum Gasteiger partial charge on any atom is -0.397 e. The molecule has 0 radical (unpaired) electrons. The molecule has 2 aromatic heterocycles. The van der Waals surface area contributed by atoms with Crippen LogP contribution in [0.1, 0.15) is 39.8 Å². The number of fused-ring (bicyclic) bond motifs is 2. The van der Waals surface area contributed by atoms with Crippen LogP contribution in [0.3, 0.4) is 0 Å². The first-order chi connectivity index (χ1) is 11.9. The zero-order valence-electron chi connectivity index (χ0n) is 13.6. The molecule has 1 unspecified atom stereocenters. The zero-order valence-corrected chi connectivity index (χ0v) is 15.9. The van der Waals surface area contributed by atoms with Crippen LogP contribution in [0.25, 0.3) is 10.2 Å². The third-order valence-corrected chi connectivity index (χ3v) is 6.57. The number of halogens is 2. The van der Waals surface area contributed by atoms with E-state index in [4.69, 9.17) is 33.9 Å². The van der Waals surface area contributed by atoms with Crippen molar-refractivity contribution in [2.24, 2.45) is 5.92 Å². The summed E-state index contributed by atoms with van der Waals surface area (Å²) in [6.07, 6.45) is 3.16. The molecule has 128 valence electrons. The van der Waals surface area contributed by atoms with Gasteiger partial charge in [0.2, 0.25) is 5.78 Å². The second-order valence-corrected chi connectivity index (χ2v) is 8.41. The quantitative estimate of drug-likeness (QED) is 0.584. The number of ketones is 1. The van der Waals surface area contributed by atoms with Gasteiger partial charge in [-0.2, -0.15) is 0 Å². The topological polar surface area (TPSA) is 56.0 Å². The lowest BCUT2D eigenvalue weighted by atomic mass is 9.87. The molecule has 0 spiro atoms. The van der Waals surface area contributed by atoms with Crippen LogP contribution in [-0.2, 0) is 12.8 Å². The van der Waals surface area contributed by atoms with Gasteiger partial charge in [-0.1, -0.05) is 30.1 Å². The Morgan fingerprint density at radius 2 is 2.08 bits per heavy atom. The van der Waals surface area contributed by atoms with Gasteiger partial charge < -0.3 is 5.73 Å². The molecule has 1 aliphatic rings. The number of hydrogen-bond donors (Lipinski definition) is 1. The van der Waals surface area contributed by atoms with E-state index in [1.807, 2.05) is 0 Å². The zero-order chi connectivity index (χ0) is 17.7. The molecule has 0 saturated carbocycles. The number of aryl methyl sites for hydroxylation is 1. The van der Waals surface area contributed by atoms with Gasteiger partial charge in [-0.15, -0.1) is 11.3 Å². The van der Waals surface area contributed by atoms with Crippen molar-refractivity contribution in [1.82, 2.24) is 4.98 Å². The summed E-state index contributed by atoms with van der Waals surface area (Å²) in [4.78, 5) is 19.0. The number of anilines is 1. The molecule has 0 amide bonds. The van der Waals surface area contributed by atoms with Crippen molar-refractivity contribution < 1.29 is 4.79 Å². The van der Waals surface area contributed by atoms with Crippen molar-refractivity contribution in [1.29, 1.82) is 0 Å². The molecule has 1 atom stereocenters. The van der Waals surface area contributed by atoms with Crippen molar-refractivity contribution in [2.75, 3.05) is 5.73 Å². The third kappa shape index (κ3) is 2.92. The van der Waals surface area contributed by atoms with Gasteiger partial charge in [0.05, 0.1) is 15.7 Å². The number of carbonyl (C=O) groups is 1. The first-order valence-corrected chi connectivity index (χ1v) is 9.71. The summed E-state index contributed by atoms with van der Waals surface area (Å²) in [6.45, 7) is 2.25. The molecule has 3 nitrogen and oxygen atoms in total. The largest absolute Gasteiger partial charge is 0.397 e. The van der Waals surface area contributed by atoms with Crippen LogP contribution in [0.4, 0.5) is 5.69 Å². The van der Waals surface area contributed by atoms with Gasteiger partial charge >= 0.3 is 0 Å². The number of nitrogens with two attached hydrogens (primary N) is 1. The number of hydrogen-bond acceptors (Lipinski definition) is 4. The van der Waals surface area contributed by atoms with E-state index in [-0.39, 0.29) is 5.78 Å². The fourth-order valence-corrected chi connectivity index (χ4v) is 4.67. The maximum Gasteiger partial charge on any atom is 0.205 e. The van der Waals surface area contributed by atoms with Gasteiger partial charge in [0.25, 0.3) is 0 Å². The Labute approximate surface area is 159 Å². The van der Waals surface area contributed by atoms with Gasteiger partial charge in [0, 0.05) is 16.6 Å². The SMILES string of the molecule is CC1CCc2nc3sc(C(=O)c4ccc(Cl)c(Cl)c4)c(N)c3cc2C1. The van der Waals surface area contributed by atoms with E-state index in [1.54, 1.807) is 18.2 Å². The summed E-state index contributed by atoms with van der Waals surface area (Å²) in [5, 5.41) is 1.65. The molecular formula is C19H16Cl2N2OS. The van der Waals surface area contributed by atoms with E-state index in [2.05, 4.69) is 13.0 Å². The molecule has 2 heterocycles. The Morgan fingerprint density at radius 1 is 1.28 bits per heavy atom. The average molecular weight is 391 g/mol. The lowest BCUT2D eigenvalue weighted by molar-refractivity contribution is 0.104. The minimum atomic E-state index is -0.148. The summed E-state index contributed by atoms with van der Waals surface area (Å²) in [7, 11) is 0. The molecule has 4 rings (SSSR count). The molecule has 2 N–H and O–H groups in total. The monoisotopic (exact) mass is 390 g/mol. The van der Waals surface area contributed by atoms with E-state index in [9.17, 15) is 4.79 Å². The Morgan fingerprint density at radius 3 is 2.84 bits per heavy atom. The number of carbonyl (C=O) groups excluding carboxylic acids is 1. The number of nitrogen functional groups attached to an aromatic ring is 1. The van der Waals surface area contributed by atoms with Crippen LogP contribution < -0.4 is 5.73 Å². The highest BCUT2D eigenvalue weighted by Crippen LogP contribution is 2.37. The first kappa shape index (κ1) is 16.8. The van der Waals surface area contributed by atoms with E-state index in [1.165, 1.54) is 16.9 Å². The Balaban J connectivity index is 1.81. The smallest absolute Gasteiger partial charge is 0.205 e. The van der Waals surface area contributed by atoms with Crippen LogP contribution in [0.15, 0.2) is 24.3 Å². The van der Waals surface area contributed by atoms with Gasteiger partial charge in [-0.25, -0.2) is 4.98 Å². The number of benzene rings is 1. The fraction of sp³-hybridized carbons (Fsp3) is 0.263. The van der Waals surface area contributed by atoms with E-state index in [0.29, 0.717) is 32.1 Å². The number of thiophene rings is 1. The number of aromatic nitrogens is 1. The molecule has 25 heavy (non-hydrogen) atoms. The van der Waals surface area contributed by atoms with E-state index < -0.39 is 0 Å². The predicted octanol–water partition coefficient (Wildman–Crippen LogP) is 5.54. The Hall–Kier alpha value is -1.62. The summed E-state index contributed by atoms with van der Waals surface area (Å²) in [5.74, 6) is 0.509. The lowest BCUT2D eigenvalue weighted by Crippen LogP contribution is -2.12. The fourth-order valence-electron chi connectivity index (χ4n) is 3.31. The maximum atomic E-state index is 12.9. The second-order valence-electron chi connectivity index (χ2n) is 6.60. The predicted molar refractivity (Wildman–Crippen MR) is 105 cm³/mol. The van der Waals surface area contributed by atoms with Crippen molar-refractivity contribution >= 4 is 56.2 Å². The molecular weight excluding hydrogens is 375 g/mol. The van der Waals surface area contributed by atoms with Crippen molar-refractivity contribution in [3.8, 4) is 0 Å². The molecule has 1 aromatic carbocycles. The number of nitrogens with zero attached hydrogens (tertiary/aromatic N) is 1. The normalized spacial score (nSPS) is 16.8. The van der Waals surface area contributed by atoms with Crippen LogP contribution in [0, 0.1) is 5.92 Å². The lowest BCUT2D eigenvalue weighted by Gasteiger charge is -2.20. The highest BCUT2D eigenvalue weighted by molar-refractivity contribution is 7.21. The highest BCUT2D eigenvalue weighted by Gasteiger charge is 2.23. The van der Waals surface area contributed by atoms with Gasteiger partial charge in [-0.05, 0) is 55.0 Å². The van der Waals surface area contributed by atoms with Crippen molar-refractivity contribution in [3.63, 3.8) is 0 Å². The number of rotatable bonds is 2. The van der Waals surface area contributed by atoms with Gasteiger partial charge in [-0.3, -0.25) is 4.79 Å². The van der Waals surface area contributed by atoms with Crippen LogP contribution in [0.2, 0.25) is 10.0 Å². The summed E-state index contributed by atoms with van der Waals surface area (Å²) >= 11 is 13.3. The Bertz CT molecular complexity index is 1010. The molecule has 0 bridgehead atoms. The second kappa shape index (κ2) is 6.27. The summed E-state index contributed by atoms with van der Waals surface area (Å²) in [5.41, 5.74) is 9.68. The van der Waals surface area contributed by atoms with Gasteiger partial charge in [0.15, 0.2) is 0 Å². The molecule has 0 saturated heterocycles. The van der Waals surface area contributed by atoms with Crippen LogP contribution >= 0.6 is 34.5 Å². The minimum absolute atomic E-state index is 0.148. The van der Waals surface area contributed by atoms with E-state index in [0.717, 1.165) is 35.2 Å². The van der Waals surface area contributed by atoms with Crippen LogP contribution in [-0.4, -0.2) is 10.8 Å². The summed E-state index contributed by atoms with van der Waals surface area (Å²) < 4.78 is 0. The standard InChI is InChI=1S/C19H16Cl2N2OS/c1-9-2-5-15-11(6-9)7-12-16(22)18(25-19(12)23-15)17(24)10-3-4-13(20)14(21)8-10/h3-4,7-9H,2,5-6,22H2,1H3. The van der Waals surface area contributed by atoms with Crippen molar-refractivity contribution in [3.05, 3.63) is 56.0 Å². The highest BCUT2D eigenvalue weighted by atomic mass is 35.5. The van der Waals surface area contributed by atoms with Gasteiger partial charge in [0.1, 0.15) is 9.71 Å². The molecule has 0 fully saturated rings. The average Bonchev–Trinajstić information content (AvgIpc) is 2.91. The third-order valence-electron chi connectivity index (χ3n) is 4.72. The number of pyridine rings is 1. The molecule has 0 aliphatic heterocycles. The Kier molecular flexibility index (Phi) is 4.22. The first-order valence-electron chi connectivity index (χ1n) is 8.14. The maximum absolute atomic E-state index is 12.9. The molecule has 3 aromatic rings. The molecule has 6 heteroatoms. The molecule has 1 aliphatic carbocycles. The van der Waals surface area contributed by atoms with Crippen LogP contribution in [0.5, 0.6) is 0 Å². The van der Waals surface area contributed by atoms with E-state index >= 15 is 0 Å². The summed E-state index contributed by atoms with van der Waals surface area (Å²) in [6, 6.07) is 6.99. The van der Waals surface area contributed by atoms with Crippen molar-refractivity contribution in [2.45, 2.75) is 26.2 Å².